The number of pyridine rings is 1. The van der Waals surface area contributed by atoms with Crippen molar-refractivity contribution in [1.29, 1.82) is 0 Å². The highest BCUT2D eigenvalue weighted by molar-refractivity contribution is 5.79. The summed E-state index contributed by atoms with van der Waals surface area (Å²) >= 11 is 0. The number of hydrogen-bond donors (Lipinski definition) is 1. The summed E-state index contributed by atoms with van der Waals surface area (Å²) in [6.07, 6.45) is 4.02. The topological polar surface area (TPSA) is 89.3 Å². The number of hydrogen-bond acceptors (Lipinski definition) is 6. The lowest BCUT2D eigenvalue weighted by Crippen LogP contribution is -2.45. The number of anilines is 1. The average molecular weight is 422 g/mol. The molecule has 0 spiro atoms. The van der Waals surface area contributed by atoms with Gasteiger partial charge in [-0.25, -0.2) is 9.97 Å². The van der Waals surface area contributed by atoms with Crippen molar-refractivity contribution in [3.63, 3.8) is 0 Å². The van der Waals surface area contributed by atoms with Crippen molar-refractivity contribution < 1.29 is 9.53 Å². The second-order valence-electron chi connectivity index (χ2n) is 7.82. The Morgan fingerprint density at radius 2 is 2.16 bits per heavy atom. The number of aryl methyl sites for hydroxylation is 1. The van der Waals surface area contributed by atoms with E-state index in [0.717, 1.165) is 30.6 Å². The normalized spacial score (nSPS) is 16.3. The lowest BCUT2D eigenvalue weighted by Gasteiger charge is -2.32. The third-order valence-corrected chi connectivity index (χ3v) is 5.74. The number of aromatic nitrogens is 3. The standard InChI is InChI=1S/C23H27N5O3/c1-27-20-19(9-4-11-24-20)26-21(23(27)30)28-13-5-7-17(15-28)22(29)25-12-10-16-6-3-8-18(14-16)31-2/h3-4,6,8-9,11,14,17H,5,7,10,12-13,15H2,1-2H3,(H,25,29). The highest BCUT2D eigenvalue weighted by Gasteiger charge is 2.28. The van der Waals surface area contributed by atoms with E-state index < -0.39 is 0 Å². The molecule has 2 aromatic heterocycles. The Morgan fingerprint density at radius 3 is 3.00 bits per heavy atom. The molecule has 0 bridgehead atoms. The minimum atomic E-state index is -0.190. The van der Waals surface area contributed by atoms with Gasteiger partial charge < -0.3 is 15.0 Å². The van der Waals surface area contributed by atoms with E-state index in [-0.39, 0.29) is 17.4 Å². The number of carbonyl (C=O) groups is 1. The number of nitrogens with zero attached hydrogens (tertiary/aromatic N) is 4. The monoisotopic (exact) mass is 421 g/mol. The van der Waals surface area contributed by atoms with Gasteiger partial charge in [0.1, 0.15) is 11.3 Å². The summed E-state index contributed by atoms with van der Waals surface area (Å²) in [7, 11) is 3.35. The number of amides is 1. The fraction of sp³-hybridized carbons (Fsp3) is 0.391. The predicted molar refractivity (Wildman–Crippen MR) is 119 cm³/mol. The number of fused-ring (bicyclic) bond motifs is 1. The molecule has 1 amide bonds. The van der Waals surface area contributed by atoms with Crippen molar-refractivity contribution in [2.45, 2.75) is 19.3 Å². The molecule has 1 aliphatic heterocycles. The van der Waals surface area contributed by atoms with Gasteiger partial charge in [-0.3, -0.25) is 14.2 Å². The molecule has 31 heavy (non-hydrogen) atoms. The van der Waals surface area contributed by atoms with Crippen molar-refractivity contribution in [3.8, 4) is 5.75 Å². The lowest BCUT2D eigenvalue weighted by molar-refractivity contribution is -0.125. The molecular weight excluding hydrogens is 394 g/mol. The molecule has 0 aliphatic carbocycles. The Bertz CT molecular complexity index is 1140. The molecule has 0 radical (unpaired) electrons. The highest BCUT2D eigenvalue weighted by Crippen LogP contribution is 2.21. The maximum Gasteiger partial charge on any atom is 0.294 e. The molecule has 1 aromatic carbocycles. The van der Waals surface area contributed by atoms with Crippen LogP contribution in [-0.4, -0.2) is 47.2 Å². The van der Waals surface area contributed by atoms with Crippen LogP contribution in [0.4, 0.5) is 5.82 Å². The van der Waals surface area contributed by atoms with Crippen LogP contribution in [0.25, 0.3) is 11.2 Å². The zero-order chi connectivity index (χ0) is 21.8. The first-order valence-corrected chi connectivity index (χ1v) is 10.5. The molecule has 1 unspecified atom stereocenters. The van der Waals surface area contributed by atoms with Gasteiger partial charge in [0, 0.05) is 32.9 Å². The number of methoxy groups -OCH3 is 1. The predicted octanol–water partition coefficient (Wildman–Crippen LogP) is 1.91. The molecule has 1 fully saturated rings. The van der Waals surface area contributed by atoms with Crippen molar-refractivity contribution >= 4 is 22.9 Å². The Labute approximate surface area is 180 Å². The summed E-state index contributed by atoms with van der Waals surface area (Å²) in [5.41, 5.74) is 2.15. The van der Waals surface area contributed by atoms with Crippen LogP contribution in [0.1, 0.15) is 18.4 Å². The van der Waals surface area contributed by atoms with E-state index in [9.17, 15) is 9.59 Å². The fourth-order valence-electron chi connectivity index (χ4n) is 4.03. The first-order chi connectivity index (χ1) is 15.1. The van der Waals surface area contributed by atoms with Gasteiger partial charge >= 0.3 is 0 Å². The van der Waals surface area contributed by atoms with Crippen LogP contribution in [-0.2, 0) is 18.3 Å². The van der Waals surface area contributed by atoms with Gasteiger partial charge in [-0.05, 0) is 49.1 Å². The quantitative estimate of drug-likeness (QED) is 0.654. The Hall–Kier alpha value is -3.42. The van der Waals surface area contributed by atoms with Crippen LogP contribution in [0, 0.1) is 5.92 Å². The first-order valence-electron chi connectivity index (χ1n) is 10.5. The summed E-state index contributed by atoms with van der Waals surface area (Å²) in [5, 5.41) is 3.05. The van der Waals surface area contributed by atoms with Gasteiger partial charge in [0.25, 0.3) is 5.56 Å². The number of nitrogens with one attached hydrogen (secondary N) is 1. The van der Waals surface area contributed by atoms with E-state index in [0.29, 0.717) is 36.6 Å². The molecule has 1 atom stereocenters. The maximum atomic E-state index is 12.8. The molecule has 4 rings (SSSR count). The van der Waals surface area contributed by atoms with Crippen molar-refractivity contribution in [3.05, 3.63) is 58.5 Å². The Morgan fingerprint density at radius 1 is 1.29 bits per heavy atom. The molecular formula is C23H27N5O3. The number of ether oxygens (including phenoxy) is 1. The molecule has 3 aromatic rings. The van der Waals surface area contributed by atoms with Crippen molar-refractivity contribution in [2.24, 2.45) is 13.0 Å². The van der Waals surface area contributed by atoms with E-state index in [1.54, 1.807) is 26.4 Å². The fourth-order valence-corrected chi connectivity index (χ4v) is 4.03. The third-order valence-electron chi connectivity index (χ3n) is 5.74. The van der Waals surface area contributed by atoms with Crippen LogP contribution >= 0.6 is 0 Å². The Kier molecular flexibility index (Phi) is 6.16. The van der Waals surface area contributed by atoms with E-state index in [1.807, 2.05) is 35.2 Å². The molecule has 1 aliphatic rings. The van der Waals surface area contributed by atoms with E-state index in [4.69, 9.17) is 4.74 Å². The van der Waals surface area contributed by atoms with Crippen LogP contribution < -0.4 is 20.5 Å². The summed E-state index contributed by atoms with van der Waals surface area (Å²) in [5.74, 6) is 1.05. The molecule has 8 heteroatoms. The molecule has 1 N–H and O–H groups in total. The van der Waals surface area contributed by atoms with E-state index in [2.05, 4.69) is 15.3 Å². The Balaban J connectivity index is 1.41. The van der Waals surface area contributed by atoms with Crippen LogP contribution in [0.5, 0.6) is 5.75 Å². The van der Waals surface area contributed by atoms with Gasteiger partial charge in [-0.15, -0.1) is 0 Å². The van der Waals surface area contributed by atoms with Crippen LogP contribution in [0.2, 0.25) is 0 Å². The average Bonchev–Trinajstić information content (AvgIpc) is 2.81. The minimum absolute atomic E-state index is 0.0203. The molecule has 162 valence electrons. The van der Waals surface area contributed by atoms with Crippen molar-refractivity contribution in [1.82, 2.24) is 19.9 Å². The van der Waals surface area contributed by atoms with Gasteiger partial charge in [-0.2, -0.15) is 0 Å². The van der Waals surface area contributed by atoms with E-state index >= 15 is 0 Å². The number of piperidine rings is 1. The third kappa shape index (κ3) is 4.52. The summed E-state index contributed by atoms with van der Waals surface area (Å²) in [4.78, 5) is 36.4. The van der Waals surface area contributed by atoms with Gasteiger partial charge in [0.05, 0.1) is 13.0 Å². The zero-order valence-corrected chi connectivity index (χ0v) is 17.9. The second kappa shape index (κ2) is 9.16. The smallest absolute Gasteiger partial charge is 0.294 e. The summed E-state index contributed by atoms with van der Waals surface area (Å²) < 4.78 is 6.77. The number of carbonyl (C=O) groups excluding carboxylic acids is 1. The molecule has 8 nitrogen and oxygen atoms in total. The SMILES string of the molecule is COc1cccc(CCNC(=O)C2CCCN(c3nc4cccnc4n(C)c3=O)C2)c1. The minimum Gasteiger partial charge on any atom is -0.497 e. The molecule has 0 saturated carbocycles. The summed E-state index contributed by atoms with van der Waals surface area (Å²) in [6, 6.07) is 11.5. The second-order valence-corrected chi connectivity index (χ2v) is 7.82. The van der Waals surface area contributed by atoms with Crippen LogP contribution in [0.15, 0.2) is 47.4 Å². The number of rotatable bonds is 6. The highest BCUT2D eigenvalue weighted by atomic mass is 16.5. The largest absolute Gasteiger partial charge is 0.497 e. The molecule has 1 saturated heterocycles. The van der Waals surface area contributed by atoms with Gasteiger partial charge in [0.2, 0.25) is 5.91 Å². The number of benzene rings is 1. The summed E-state index contributed by atoms with van der Waals surface area (Å²) in [6.45, 7) is 1.75. The van der Waals surface area contributed by atoms with Gasteiger partial charge in [0.15, 0.2) is 11.5 Å². The van der Waals surface area contributed by atoms with E-state index in [1.165, 1.54) is 4.57 Å². The maximum absolute atomic E-state index is 12.8. The van der Waals surface area contributed by atoms with Gasteiger partial charge in [-0.1, -0.05) is 12.1 Å². The van der Waals surface area contributed by atoms with Crippen molar-refractivity contribution in [2.75, 3.05) is 31.6 Å². The first kappa shape index (κ1) is 20.8. The zero-order valence-electron chi connectivity index (χ0n) is 17.9. The molecule has 3 heterocycles. The van der Waals surface area contributed by atoms with Crippen LogP contribution in [0.3, 0.4) is 0 Å². The lowest BCUT2D eigenvalue weighted by atomic mass is 9.97.